The number of methoxy groups -OCH3 is 1. The molecule has 5 nitrogen and oxygen atoms in total. The van der Waals surface area contributed by atoms with Crippen molar-refractivity contribution in [1.82, 2.24) is 5.32 Å². The summed E-state index contributed by atoms with van der Waals surface area (Å²) in [5.41, 5.74) is 1.17. The van der Waals surface area contributed by atoms with Gasteiger partial charge in [0.2, 0.25) is 5.91 Å². The van der Waals surface area contributed by atoms with Crippen LogP contribution in [0.15, 0.2) is 35.4 Å². The van der Waals surface area contributed by atoms with Crippen LogP contribution in [0.1, 0.15) is 32.4 Å². The van der Waals surface area contributed by atoms with Gasteiger partial charge in [0.25, 0.3) is 0 Å². The van der Waals surface area contributed by atoms with Crippen LogP contribution in [0.25, 0.3) is 0 Å². The quantitative estimate of drug-likeness (QED) is 0.810. The van der Waals surface area contributed by atoms with Crippen molar-refractivity contribution < 1.29 is 19.4 Å². The van der Waals surface area contributed by atoms with Gasteiger partial charge in [-0.15, -0.1) is 0 Å². The predicted molar refractivity (Wildman–Crippen MR) is 75.6 cm³/mol. The molecular weight excluding hydrogens is 258 g/mol. The lowest BCUT2D eigenvalue weighted by Gasteiger charge is -2.15. The first-order valence-electron chi connectivity index (χ1n) is 6.22. The Balaban J connectivity index is 2.79. The number of ether oxygens (including phenoxy) is 1. The molecule has 0 heterocycles. The summed E-state index contributed by atoms with van der Waals surface area (Å²) < 4.78 is 5.07. The van der Waals surface area contributed by atoms with Crippen LogP contribution in [0.3, 0.4) is 0 Å². The molecule has 2 N–H and O–H groups in total. The Morgan fingerprint density at radius 3 is 2.15 bits per heavy atom. The summed E-state index contributed by atoms with van der Waals surface area (Å²) in [7, 11) is 1.59. The first-order chi connectivity index (χ1) is 9.36. The highest BCUT2D eigenvalue weighted by Crippen LogP contribution is 2.17. The number of carboxylic acids is 1. The standard InChI is InChI=1S/C15H19NO4/c1-9(10(2)15(18)19)14(17)16-11(3)12-5-7-13(20-4)8-6-12/h5-8,11H,1-4H3,(H,16,17)(H,18,19)/b10-9-/t11-/m0/s1. The number of benzene rings is 1. The minimum Gasteiger partial charge on any atom is -0.497 e. The summed E-state index contributed by atoms with van der Waals surface area (Å²) in [4.78, 5) is 22.8. The third kappa shape index (κ3) is 3.85. The molecule has 1 atom stereocenters. The summed E-state index contributed by atoms with van der Waals surface area (Å²) in [5, 5.41) is 11.6. The summed E-state index contributed by atoms with van der Waals surface area (Å²) in [6.07, 6.45) is 0. The minimum atomic E-state index is -1.09. The van der Waals surface area contributed by atoms with E-state index in [-0.39, 0.29) is 23.1 Å². The normalized spacial score (nSPS) is 13.2. The van der Waals surface area contributed by atoms with Gasteiger partial charge in [0.15, 0.2) is 0 Å². The second-order valence-corrected chi connectivity index (χ2v) is 4.52. The fourth-order valence-electron chi connectivity index (χ4n) is 1.61. The van der Waals surface area contributed by atoms with Gasteiger partial charge in [-0.2, -0.15) is 0 Å². The number of hydrogen-bond acceptors (Lipinski definition) is 3. The van der Waals surface area contributed by atoms with E-state index in [9.17, 15) is 9.59 Å². The van der Waals surface area contributed by atoms with E-state index in [2.05, 4.69) is 5.32 Å². The number of aliphatic carboxylic acids is 1. The van der Waals surface area contributed by atoms with Crippen LogP contribution in [0, 0.1) is 0 Å². The van der Waals surface area contributed by atoms with Gasteiger partial charge in [-0.05, 0) is 38.5 Å². The van der Waals surface area contributed by atoms with Gasteiger partial charge < -0.3 is 15.2 Å². The van der Waals surface area contributed by atoms with Crippen LogP contribution < -0.4 is 10.1 Å². The molecule has 0 saturated heterocycles. The van der Waals surface area contributed by atoms with Crippen molar-refractivity contribution in [2.45, 2.75) is 26.8 Å². The maximum Gasteiger partial charge on any atom is 0.331 e. The van der Waals surface area contributed by atoms with Gasteiger partial charge >= 0.3 is 5.97 Å². The van der Waals surface area contributed by atoms with Gasteiger partial charge in [0, 0.05) is 11.1 Å². The van der Waals surface area contributed by atoms with Crippen LogP contribution in [-0.4, -0.2) is 24.1 Å². The van der Waals surface area contributed by atoms with Gasteiger partial charge in [-0.25, -0.2) is 4.79 Å². The van der Waals surface area contributed by atoms with Crippen molar-refractivity contribution in [3.8, 4) is 5.75 Å². The van der Waals surface area contributed by atoms with Gasteiger partial charge in [-0.1, -0.05) is 12.1 Å². The molecule has 0 spiro atoms. The molecule has 108 valence electrons. The number of hydrogen-bond donors (Lipinski definition) is 2. The summed E-state index contributed by atoms with van der Waals surface area (Å²) >= 11 is 0. The summed E-state index contributed by atoms with van der Waals surface area (Å²) in [6.45, 7) is 4.75. The van der Waals surface area contributed by atoms with E-state index in [1.165, 1.54) is 13.8 Å². The molecule has 0 aromatic heterocycles. The third-order valence-corrected chi connectivity index (χ3v) is 3.19. The molecule has 1 amide bonds. The molecule has 0 aliphatic rings. The van der Waals surface area contributed by atoms with E-state index >= 15 is 0 Å². The second-order valence-electron chi connectivity index (χ2n) is 4.52. The monoisotopic (exact) mass is 277 g/mol. The Labute approximate surface area is 118 Å². The Kier molecular flexibility index (Phi) is 5.32. The van der Waals surface area contributed by atoms with Crippen LogP contribution in [0.5, 0.6) is 5.75 Å². The highest BCUT2D eigenvalue weighted by Gasteiger charge is 2.15. The van der Waals surface area contributed by atoms with Crippen LogP contribution in [-0.2, 0) is 9.59 Å². The lowest BCUT2D eigenvalue weighted by molar-refractivity contribution is -0.133. The highest BCUT2D eigenvalue weighted by atomic mass is 16.5. The number of rotatable bonds is 5. The number of amides is 1. The van der Waals surface area contributed by atoms with E-state index in [0.717, 1.165) is 11.3 Å². The summed E-state index contributed by atoms with van der Waals surface area (Å²) in [5.74, 6) is -0.729. The molecule has 5 heteroatoms. The van der Waals surface area contributed by atoms with Crippen molar-refractivity contribution in [2.24, 2.45) is 0 Å². The zero-order valence-corrected chi connectivity index (χ0v) is 12.1. The largest absolute Gasteiger partial charge is 0.497 e. The molecule has 0 aliphatic heterocycles. The molecular formula is C15H19NO4. The van der Waals surface area contributed by atoms with Crippen molar-refractivity contribution in [1.29, 1.82) is 0 Å². The van der Waals surface area contributed by atoms with Gasteiger partial charge in [0.05, 0.1) is 13.2 Å². The molecule has 20 heavy (non-hydrogen) atoms. The Hall–Kier alpha value is -2.30. The Morgan fingerprint density at radius 2 is 1.70 bits per heavy atom. The molecule has 0 aliphatic carbocycles. The molecule has 0 unspecified atom stereocenters. The fourth-order valence-corrected chi connectivity index (χ4v) is 1.61. The Bertz CT molecular complexity index is 531. The topological polar surface area (TPSA) is 75.6 Å². The molecule has 0 saturated carbocycles. The van der Waals surface area contributed by atoms with Gasteiger partial charge in [-0.3, -0.25) is 4.79 Å². The van der Waals surface area contributed by atoms with Crippen molar-refractivity contribution in [3.63, 3.8) is 0 Å². The number of carbonyl (C=O) groups is 2. The first kappa shape index (κ1) is 15.8. The maximum absolute atomic E-state index is 11.9. The van der Waals surface area contributed by atoms with Crippen molar-refractivity contribution in [2.75, 3.05) is 7.11 Å². The lowest BCUT2D eigenvalue weighted by Crippen LogP contribution is -2.28. The van der Waals surface area contributed by atoms with Crippen molar-refractivity contribution >= 4 is 11.9 Å². The fraction of sp³-hybridized carbons (Fsp3) is 0.333. The molecule has 0 fully saturated rings. The van der Waals surface area contributed by atoms with Crippen LogP contribution in [0.4, 0.5) is 0 Å². The smallest absolute Gasteiger partial charge is 0.331 e. The average molecular weight is 277 g/mol. The number of carboxylic acid groups (broad SMARTS) is 1. The molecule has 1 rings (SSSR count). The van der Waals surface area contributed by atoms with E-state index in [1.807, 2.05) is 31.2 Å². The second kappa shape index (κ2) is 6.75. The third-order valence-electron chi connectivity index (χ3n) is 3.19. The maximum atomic E-state index is 11.9. The van der Waals surface area contributed by atoms with Crippen LogP contribution >= 0.6 is 0 Å². The van der Waals surface area contributed by atoms with Crippen molar-refractivity contribution in [3.05, 3.63) is 41.0 Å². The zero-order chi connectivity index (χ0) is 15.3. The Morgan fingerprint density at radius 1 is 1.15 bits per heavy atom. The van der Waals surface area contributed by atoms with E-state index < -0.39 is 5.97 Å². The molecule has 1 aromatic carbocycles. The van der Waals surface area contributed by atoms with E-state index in [0.29, 0.717) is 0 Å². The highest BCUT2D eigenvalue weighted by molar-refractivity contribution is 6.01. The van der Waals surface area contributed by atoms with E-state index in [1.54, 1.807) is 7.11 Å². The van der Waals surface area contributed by atoms with Crippen LogP contribution in [0.2, 0.25) is 0 Å². The predicted octanol–water partition coefficient (Wildman–Crippen LogP) is 2.29. The van der Waals surface area contributed by atoms with Gasteiger partial charge in [0.1, 0.15) is 5.75 Å². The number of carbonyl (C=O) groups excluding carboxylic acids is 1. The number of nitrogens with one attached hydrogen (secondary N) is 1. The van der Waals surface area contributed by atoms with E-state index in [4.69, 9.17) is 9.84 Å². The zero-order valence-electron chi connectivity index (χ0n) is 12.1. The molecule has 1 aromatic rings. The minimum absolute atomic E-state index is 0.0458. The molecule has 0 bridgehead atoms. The SMILES string of the molecule is COc1ccc([C@H](C)NC(=O)/C(C)=C(/C)C(=O)O)cc1. The average Bonchev–Trinajstić information content (AvgIpc) is 2.45. The molecule has 0 radical (unpaired) electrons. The first-order valence-corrected chi connectivity index (χ1v) is 6.22. The lowest BCUT2D eigenvalue weighted by atomic mass is 10.1. The summed E-state index contributed by atoms with van der Waals surface area (Å²) in [6, 6.07) is 7.11.